The highest BCUT2D eigenvalue weighted by Gasteiger charge is 2.66. The zero-order valence-corrected chi connectivity index (χ0v) is 15.5. The van der Waals surface area contributed by atoms with Crippen LogP contribution in [0.25, 0.3) is 5.69 Å². The summed E-state index contributed by atoms with van der Waals surface area (Å²) >= 11 is 0. The van der Waals surface area contributed by atoms with Gasteiger partial charge in [-0.25, -0.2) is 9.07 Å². The van der Waals surface area contributed by atoms with Crippen molar-refractivity contribution >= 4 is 17.8 Å². The van der Waals surface area contributed by atoms with Gasteiger partial charge in [0.25, 0.3) is 0 Å². The Labute approximate surface area is 160 Å². The van der Waals surface area contributed by atoms with Gasteiger partial charge in [0.05, 0.1) is 24.6 Å². The van der Waals surface area contributed by atoms with Crippen molar-refractivity contribution in [2.45, 2.75) is 18.5 Å². The fourth-order valence-corrected chi connectivity index (χ4v) is 4.34. The molecule has 0 unspecified atom stereocenters. The third-order valence-electron chi connectivity index (χ3n) is 5.69. The van der Waals surface area contributed by atoms with Gasteiger partial charge in [0, 0.05) is 25.5 Å². The molecule has 28 heavy (non-hydrogen) atoms. The van der Waals surface area contributed by atoms with Gasteiger partial charge in [-0.05, 0) is 36.8 Å². The lowest BCUT2D eigenvalue weighted by Gasteiger charge is -2.28. The number of nitrogens with zero attached hydrogens (tertiary/aromatic N) is 3. The van der Waals surface area contributed by atoms with E-state index < -0.39 is 47.0 Å². The van der Waals surface area contributed by atoms with Crippen LogP contribution in [0.5, 0.6) is 0 Å². The van der Waals surface area contributed by atoms with Crippen LogP contribution >= 0.6 is 0 Å². The number of carbonyl (C=O) groups excluding carboxylic acids is 3. The number of likely N-dealkylation sites (tertiary alicyclic amines) is 1. The average molecular weight is 386 g/mol. The van der Waals surface area contributed by atoms with E-state index in [1.54, 1.807) is 29.2 Å². The van der Waals surface area contributed by atoms with Crippen molar-refractivity contribution < 1.29 is 23.5 Å². The molecule has 1 N–H and O–H groups in total. The van der Waals surface area contributed by atoms with E-state index in [2.05, 4.69) is 10.4 Å². The number of methoxy groups -OCH3 is 1. The number of rotatable bonds is 3. The van der Waals surface area contributed by atoms with E-state index >= 15 is 0 Å². The number of benzene rings is 1. The molecular weight excluding hydrogens is 367 g/mol. The average Bonchev–Trinajstić information content (AvgIpc) is 3.37. The summed E-state index contributed by atoms with van der Waals surface area (Å²) in [4.78, 5) is 39.2. The molecule has 3 heterocycles. The number of imide groups is 1. The van der Waals surface area contributed by atoms with Gasteiger partial charge in [-0.3, -0.25) is 24.6 Å². The lowest BCUT2D eigenvalue weighted by Crippen LogP contribution is -2.53. The first-order valence-electron chi connectivity index (χ1n) is 8.76. The summed E-state index contributed by atoms with van der Waals surface area (Å²) in [5.74, 6) is -3.85. The van der Waals surface area contributed by atoms with E-state index in [4.69, 9.17) is 4.74 Å². The van der Waals surface area contributed by atoms with Crippen LogP contribution in [-0.2, 0) is 19.1 Å². The first kappa shape index (κ1) is 18.3. The molecule has 1 aromatic carbocycles. The maximum Gasteiger partial charge on any atom is 0.326 e. The molecule has 4 rings (SSSR count). The van der Waals surface area contributed by atoms with Crippen LogP contribution in [0.2, 0.25) is 0 Å². The molecule has 2 aliphatic rings. The summed E-state index contributed by atoms with van der Waals surface area (Å²) in [6.07, 6.45) is 3.27. The first-order chi connectivity index (χ1) is 13.3. The van der Waals surface area contributed by atoms with Crippen LogP contribution in [0.4, 0.5) is 4.39 Å². The largest absolute Gasteiger partial charge is 0.468 e. The standard InChI is InChI=1S/C19H19FN4O4/c1-19(18(27)28-3)14-13(16(25)23(2)17(14)26)15(22-19)11-9-10(20)5-6-12(11)24-8-4-7-21-24/h4-9,13-15,22H,1-3H3/t13-,14-,15-,19-/m0/s1. The predicted octanol–water partition coefficient (Wildman–Crippen LogP) is 0.818. The van der Waals surface area contributed by atoms with E-state index in [1.165, 1.54) is 33.2 Å². The third kappa shape index (κ3) is 2.39. The Morgan fingerprint density at radius 3 is 2.71 bits per heavy atom. The van der Waals surface area contributed by atoms with Crippen LogP contribution in [0.3, 0.4) is 0 Å². The van der Waals surface area contributed by atoms with Crippen LogP contribution in [0, 0.1) is 17.7 Å². The molecule has 0 saturated carbocycles. The zero-order valence-electron chi connectivity index (χ0n) is 15.5. The number of esters is 1. The van der Waals surface area contributed by atoms with Crippen LogP contribution in [0.15, 0.2) is 36.7 Å². The number of hydrogen-bond donors (Lipinski definition) is 1. The molecule has 2 amide bonds. The van der Waals surface area contributed by atoms with Gasteiger partial charge in [-0.1, -0.05) is 0 Å². The summed E-state index contributed by atoms with van der Waals surface area (Å²) < 4.78 is 20.6. The maximum atomic E-state index is 14.1. The Kier molecular flexibility index (Phi) is 4.07. The highest BCUT2D eigenvalue weighted by atomic mass is 19.1. The van der Waals surface area contributed by atoms with Crippen LogP contribution in [0.1, 0.15) is 18.5 Å². The molecule has 0 bridgehead atoms. The van der Waals surface area contributed by atoms with Gasteiger partial charge in [0.15, 0.2) is 0 Å². The minimum absolute atomic E-state index is 0.421. The molecular formula is C19H19FN4O4. The number of amides is 2. The molecule has 1 aromatic heterocycles. The van der Waals surface area contributed by atoms with E-state index in [9.17, 15) is 18.8 Å². The van der Waals surface area contributed by atoms with Crippen molar-refractivity contribution in [3.63, 3.8) is 0 Å². The number of halogens is 1. The lowest BCUT2D eigenvalue weighted by atomic mass is 9.80. The van der Waals surface area contributed by atoms with Crippen LogP contribution < -0.4 is 5.32 Å². The second-order valence-electron chi connectivity index (χ2n) is 7.21. The third-order valence-corrected chi connectivity index (χ3v) is 5.69. The molecule has 0 spiro atoms. The molecule has 2 aliphatic heterocycles. The minimum atomic E-state index is -1.42. The topological polar surface area (TPSA) is 93.5 Å². The summed E-state index contributed by atoms with van der Waals surface area (Å²) in [6.45, 7) is 1.54. The molecule has 9 heteroatoms. The fourth-order valence-electron chi connectivity index (χ4n) is 4.34. The van der Waals surface area contributed by atoms with E-state index in [0.29, 0.717) is 11.3 Å². The monoisotopic (exact) mass is 386 g/mol. The van der Waals surface area contributed by atoms with E-state index in [1.807, 2.05) is 0 Å². The Balaban J connectivity index is 1.90. The molecule has 8 nitrogen and oxygen atoms in total. The van der Waals surface area contributed by atoms with Crippen molar-refractivity contribution in [3.8, 4) is 5.69 Å². The summed E-state index contributed by atoms with van der Waals surface area (Å²) in [6, 6.07) is 5.08. The van der Waals surface area contributed by atoms with E-state index in [0.717, 1.165) is 4.90 Å². The zero-order chi connectivity index (χ0) is 20.2. The lowest BCUT2D eigenvalue weighted by molar-refractivity contribution is -0.152. The number of carbonyl (C=O) groups is 3. The normalized spacial score (nSPS) is 29.3. The predicted molar refractivity (Wildman–Crippen MR) is 94.6 cm³/mol. The van der Waals surface area contributed by atoms with Gasteiger partial charge < -0.3 is 4.74 Å². The summed E-state index contributed by atoms with van der Waals surface area (Å²) in [7, 11) is 2.61. The molecule has 2 fully saturated rings. The number of fused-ring (bicyclic) bond motifs is 1. The molecule has 0 radical (unpaired) electrons. The second kappa shape index (κ2) is 6.23. The number of aromatic nitrogens is 2. The molecule has 0 aliphatic carbocycles. The Morgan fingerprint density at radius 1 is 1.32 bits per heavy atom. The minimum Gasteiger partial charge on any atom is -0.468 e. The quantitative estimate of drug-likeness (QED) is 0.620. The SMILES string of the molecule is COC(=O)[C@@]1(C)N[C@@H](c2cc(F)ccc2-n2cccn2)[C@H]2C(=O)N(C)C(=O)[C@H]21. The molecule has 146 valence electrons. The van der Waals surface area contributed by atoms with Crippen molar-refractivity contribution in [2.24, 2.45) is 11.8 Å². The highest BCUT2D eigenvalue weighted by Crippen LogP contribution is 2.49. The summed E-state index contributed by atoms with van der Waals surface area (Å²) in [5.41, 5.74) is -0.440. The fraction of sp³-hybridized carbons (Fsp3) is 0.368. The molecule has 4 atom stereocenters. The highest BCUT2D eigenvalue weighted by molar-refractivity contribution is 6.09. The number of hydrogen-bond acceptors (Lipinski definition) is 6. The second-order valence-corrected chi connectivity index (χ2v) is 7.21. The molecule has 2 aromatic rings. The summed E-state index contributed by atoms with van der Waals surface area (Å²) in [5, 5.41) is 7.28. The van der Waals surface area contributed by atoms with Gasteiger partial charge in [-0.2, -0.15) is 5.10 Å². The van der Waals surface area contributed by atoms with Gasteiger partial charge >= 0.3 is 5.97 Å². The first-order valence-corrected chi connectivity index (χ1v) is 8.76. The Hall–Kier alpha value is -3.07. The maximum absolute atomic E-state index is 14.1. The van der Waals surface area contributed by atoms with Crippen molar-refractivity contribution in [1.29, 1.82) is 0 Å². The Morgan fingerprint density at radius 2 is 2.07 bits per heavy atom. The van der Waals surface area contributed by atoms with Crippen molar-refractivity contribution in [1.82, 2.24) is 20.0 Å². The number of ether oxygens (including phenoxy) is 1. The smallest absolute Gasteiger partial charge is 0.326 e. The van der Waals surface area contributed by atoms with Gasteiger partial charge in [-0.15, -0.1) is 0 Å². The van der Waals surface area contributed by atoms with E-state index in [-0.39, 0.29) is 0 Å². The molecule has 2 saturated heterocycles. The van der Waals surface area contributed by atoms with Gasteiger partial charge in [0.2, 0.25) is 11.8 Å². The van der Waals surface area contributed by atoms with Crippen LogP contribution in [-0.4, -0.2) is 52.2 Å². The number of nitrogens with one attached hydrogen (secondary N) is 1. The Bertz CT molecular complexity index is 976. The van der Waals surface area contributed by atoms with Crippen molar-refractivity contribution in [3.05, 3.63) is 48.0 Å². The van der Waals surface area contributed by atoms with Crippen molar-refractivity contribution in [2.75, 3.05) is 14.2 Å². The van der Waals surface area contributed by atoms with Gasteiger partial charge in [0.1, 0.15) is 11.4 Å².